The molecule has 0 saturated heterocycles. The van der Waals surface area contributed by atoms with E-state index in [1.165, 1.54) is 19.3 Å². The van der Waals surface area contributed by atoms with Crippen molar-refractivity contribution in [3.63, 3.8) is 0 Å². The topological polar surface area (TPSA) is 17.1 Å². The van der Waals surface area contributed by atoms with E-state index in [-0.39, 0.29) is 0 Å². The second-order valence-electron chi connectivity index (χ2n) is 6.94. The summed E-state index contributed by atoms with van der Waals surface area (Å²) < 4.78 is 0. The van der Waals surface area contributed by atoms with Gasteiger partial charge in [-0.25, -0.2) is 0 Å². The van der Waals surface area contributed by atoms with Crippen LogP contribution in [-0.2, 0) is 4.79 Å². The molecule has 0 aromatic carbocycles. The summed E-state index contributed by atoms with van der Waals surface area (Å²) in [5.74, 6) is 3.08. The van der Waals surface area contributed by atoms with Crippen molar-refractivity contribution in [2.45, 2.75) is 59.8 Å². The molecule has 0 heterocycles. The third-order valence-corrected chi connectivity index (χ3v) is 5.29. The molecule has 2 aliphatic carbocycles. The van der Waals surface area contributed by atoms with Crippen molar-refractivity contribution in [2.24, 2.45) is 29.1 Å². The summed E-state index contributed by atoms with van der Waals surface area (Å²) in [4.78, 5) is 12.1. The number of ketones is 1. The molecule has 2 fully saturated rings. The highest BCUT2D eigenvalue weighted by Gasteiger charge is 2.50. The minimum absolute atomic E-state index is 0.323. The first-order valence-electron chi connectivity index (χ1n) is 6.94. The Hall–Kier alpha value is -0.330. The quantitative estimate of drug-likeness (QED) is 0.604. The molecule has 0 radical (unpaired) electrons. The van der Waals surface area contributed by atoms with E-state index in [1.54, 1.807) is 0 Å². The van der Waals surface area contributed by atoms with E-state index in [0.717, 1.165) is 24.7 Å². The number of fused-ring (bicyclic) bond motifs is 1. The van der Waals surface area contributed by atoms with E-state index < -0.39 is 0 Å². The summed E-state index contributed by atoms with van der Waals surface area (Å²) in [5, 5.41) is 0. The highest BCUT2D eigenvalue weighted by Crippen LogP contribution is 2.56. The Morgan fingerprint density at radius 1 is 1.12 bits per heavy atom. The molecule has 16 heavy (non-hydrogen) atoms. The van der Waals surface area contributed by atoms with Crippen LogP contribution in [0.5, 0.6) is 0 Å². The van der Waals surface area contributed by atoms with Crippen molar-refractivity contribution in [3.05, 3.63) is 0 Å². The zero-order valence-corrected chi connectivity index (χ0v) is 11.3. The normalized spacial score (nSPS) is 43.6. The van der Waals surface area contributed by atoms with Gasteiger partial charge in [-0.2, -0.15) is 0 Å². The van der Waals surface area contributed by atoms with Gasteiger partial charge in [0.05, 0.1) is 0 Å². The van der Waals surface area contributed by atoms with Gasteiger partial charge in [-0.1, -0.05) is 34.1 Å². The fraction of sp³-hybridized carbons (Fsp3) is 0.933. The largest absolute Gasteiger partial charge is 0.299 e. The molecule has 92 valence electrons. The van der Waals surface area contributed by atoms with Crippen molar-refractivity contribution in [1.29, 1.82) is 0 Å². The highest BCUT2D eigenvalue weighted by molar-refractivity contribution is 5.81. The van der Waals surface area contributed by atoms with Crippen LogP contribution < -0.4 is 0 Å². The lowest BCUT2D eigenvalue weighted by Gasteiger charge is -2.54. The molecular formula is C15H26O. The van der Waals surface area contributed by atoms with E-state index in [0.29, 0.717) is 23.0 Å². The van der Waals surface area contributed by atoms with Gasteiger partial charge in [-0.3, -0.25) is 4.79 Å². The Kier molecular flexibility index (Phi) is 3.16. The zero-order valence-electron chi connectivity index (χ0n) is 11.3. The predicted molar refractivity (Wildman–Crippen MR) is 67.2 cm³/mol. The molecular weight excluding hydrogens is 196 g/mol. The maximum Gasteiger partial charge on any atom is 0.135 e. The van der Waals surface area contributed by atoms with E-state index in [4.69, 9.17) is 0 Å². The van der Waals surface area contributed by atoms with Crippen LogP contribution in [-0.4, -0.2) is 5.78 Å². The van der Waals surface area contributed by atoms with E-state index in [2.05, 4.69) is 27.7 Å². The van der Waals surface area contributed by atoms with E-state index in [9.17, 15) is 4.79 Å². The van der Waals surface area contributed by atoms with E-state index in [1.807, 2.05) is 0 Å². The molecule has 4 atom stereocenters. The Labute approximate surface area is 100.0 Å². The van der Waals surface area contributed by atoms with Gasteiger partial charge in [0.2, 0.25) is 0 Å². The van der Waals surface area contributed by atoms with Crippen molar-refractivity contribution < 1.29 is 4.79 Å². The molecule has 0 bridgehead atoms. The van der Waals surface area contributed by atoms with Gasteiger partial charge in [0.1, 0.15) is 5.78 Å². The summed E-state index contributed by atoms with van der Waals surface area (Å²) in [5.41, 5.74) is 0.489. The third-order valence-electron chi connectivity index (χ3n) is 5.29. The summed E-state index contributed by atoms with van der Waals surface area (Å²) in [6.45, 7) is 9.25. The fourth-order valence-corrected chi connectivity index (χ4v) is 3.91. The highest BCUT2D eigenvalue weighted by atomic mass is 16.1. The molecule has 2 aliphatic rings. The average Bonchev–Trinajstić information content (AvgIpc) is 2.24. The van der Waals surface area contributed by atoms with Gasteiger partial charge in [0, 0.05) is 12.3 Å². The lowest BCUT2D eigenvalue weighted by molar-refractivity contribution is -0.131. The van der Waals surface area contributed by atoms with Crippen LogP contribution in [0.25, 0.3) is 0 Å². The summed E-state index contributed by atoms with van der Waals surface area (Å²) >= 11 is 0. The maximum atomic E-state index is 12.1. The van der Waals surface area contributed by atoms with Crippen LogP contribution in [0.15, 0.2) is 0 Å². The van der Waals surface area contributed by atoms with Crippen LogP contribution in [0.1, 0.15) is 59.8 Å². The molecule has 2 rings (SSSR count). The molecule has 0 aliphatic heterocycles. The van der Waals surface area contributed by atoms with Crippen LogP contribution in [0.4, 0.5) is 0 Å². The Balaban J connectivity index is 2.13. The fourth-order valence-electron chi connectivity index (χ4n) is 3.91. The Morgan fingerprint density at radius 3 is 2.44 bits per heavy atom. The number of hydrogen-bond acceptors (Lipinski definition) is 1. The maximum absolute atomic E-state index is 12.1. The lowest BCUT2D eigenvalue weighted by atomic mass is 9.51. The molecule has 0 spiro atoms. The first-order valence-corrected chi connectivity index (χ1v) is 6.94. The number of carbonyl (C=O) groups excluding carboxylic acids is 1. The van der Waals surface area contributed by atoms with Crippen LogP contribution >= 0.6 is 0 Å². The Morgan fingerprint density at radius 2 is 1.81 bits per heavy atom. The predicted octanol–water partition coefficient (Wildman–Crippen LogP) is 4.06. The van der Waals surface area contributed by atoms with Gasteiger partial charge in [-0.05, 0) is 42.4 Å². The van der Waals surface area contributed by atoms with Gasteiger partial charge in [0.15, 0.2) is 0 Å². The molecule has 0 amide bonds. The first-order chi connectivity index (χ1) is 7.42. The van der Waals surface area contributed by atoms with Crippen molar-refractivity contribution in [1.82, 2.24) is 0 Å². The number of Topliss-reactive ketones (excluding diaryl/α,β-unsaturated/α-hetero) is 1. The standard InChI is InChI=1S/C15H26O/c1-10-5-7-13-12(9-15(13,3)4)11(2)14(16)8-6-10/h10-13H,5-9H2,1-4H3. The van der Waals surface area contributed by atoms with Crippen LogP contribution in [0, 0.1) is 29.1 Å². The van der Waals surface area contributed by atoms with Gasteiger partial charge < -0.3 is 0 Å². The molecule has 1 nitrogen and oxygen atoms in total. The minimum atomic E-state index is 0.323. The third kappa shape index (κ3) is 2.06. The summed E-state index contributed by atoms with van der Waals surface area (Å²) in [6, 6.07) is 0. The second kappa shape index (κ2) is 4.16. The minimum Gasteiger partial charge on any atom is -0.299 e. The van der Waals surface area contributed by atoms with Crippen LogP contribution in [0.2, 0.25) is 0 Å². The monoisotopic (exact) mass is 222 g/mol. The average molecular weight is 222 g/mol. The lowest BCUT2D eigenvalue weighted by Crippen LogP contribution is -2.48. The summed E-state index contributed by atoms with van der Waals surface area (Å²) in [6.07, 6.45) is 5.87. The number of hydrogen-bond donors (Lipinski definition) is 0. The first kappa shape index (κ1) is 12.1. The molecule has 1 heteroatoms. The number of rotatable bonds is 0. The van der Waals surface area contributed by atoms with Crippen molar-refractivity contribution in [2.75, 3.05) is 0 Å². The SMILES string of the molecule is CC1CCC(=O)C(C)C2CC(C)(C)C2CC1. The molecule has 0 N–H and O–H groups in total. The smallest absolute Gasteiger partial charge is 0.135 e. The van der Waals surface area contributed by atoms with Crippen molar-refractivity contribution in [3.8, 4) is 0 Å². The molecule has 2 saturated carbocycles. The van der Waals surface area contributed by atoms with Gasteiger partial charge in [0.25, 0.3) is 0 Å². The Bertz CT molecular complexity index is 279. The second-order valence-corrected chi connectivity index (χ2v) is 6.94. The van der Waals surface area contributed by atoms with Crippen LogP contribution in [0.3, 0.4) is 0 Å². The number of carbonyl (C=O) groups is 1. The summed E-state index contributed by atoms with van der Waals surface area (Å²) in [7, 11) is 0. The molecule has 4 unspecified atom stereocenters. The van der Waals surface area contributed by atoms with Crippen molar-refractivity contribution >= 4 is 5.78 Å². The molecule has 0 aromatic rings. The van der Waals surface area contributed by atoms with Gasteiger partial charge in [-0.15, -0.1) is 0 Å². The van der Waals surface area contributed by atoms with E-state index >= 15 is 0 Å². The van der Waals surface area contributed by atoms with Gasteiger partial charge >= 0.3 is 0 Å². The molecule has 0 aromatic heterocycles. The zero-order chi connectivity index (χ0) is 11.9.